The molecular weight excluding hydrogens is 270 g/mol. The quantitative estimate of drug-likeness (QED) is 0.617. The highest BCUT2D eigenvalue weighted by Crippen LogP contribution is 2.34. The molecule has 0 saturated carbocycles. The van der Waals surface area contributed by atoms with E-state index in [4.69, 9.17) is 17.3 Å². The molecular formula is C9H7BrClNS. The van der Waals surface area contributed by atoms with Gasteiger partial charge < -0.3 is 5.73 Å². The smallest absolute Gasteiger partial charge is 0.0604 e. The molecule has 4 heteroatoms. The molecule has 0 radical (unpaired) electrons. The number of halogens is 2. The number of hydrogen-bond donors (Lipinski definition) is 1. The van der Waals surface area contributed by atoms with Gasteiger partial charge in [0.2, 0.25) is 0 Å². The van der Waals surface area contributed by atoms with Gasteiger partial charge >= 0.3 is 0 Å². The standard InChI is InChI=1S/C9H7BrClNS/c10-3-5-4-13-9-7(5)1-6(12)2-8(9)11/h1-2,4H,3,12H2. The van der Waals surface area contributed by atoms with Crippen LogP contribution >= 0.6 is 38.9 Å². The summed E-state index contributed by atoms with van der Waals surface area (Å²) >= 11 is 11.1. The van der Waals surface area contributed by atoms with E-state index in [1.54, 1.807) is 17.4 Å². The fourth-order valence-electron chi connectivity index (χ4n) is 1.27. The lowest BCUT2D eigenvalue weighted by Gasteiger charge is -1.98. The van der Waals surface area contributed by atoms with Crippen molar-refractivity contribution in [3.8, 4) is 0 Å². The van der Waals surface area contributed by atoms with Crippen LogP contribution < -0.4 is 5.73 Å². The van der Waals surface area contributed by atoms with Crippen LogP contribution in [-0.4, -0.2) is 0 Å². The van der Waals surface area contributed by atoms with E-state index in [2.05, 4.69) is 21.3 Å². The Morgan fingerprint density at radius 1 is 1.46 bits per heavy atom. The molecule has 0 spiro atoms. The molecule has 68 valence electrons. The maximum atomic E-state index is 6.05. The highest BCUT2D eigenvalue weighted by molar-refractivity contribution is 9.08. The van der Waals surface area contributed by atoms with Crippen molar-refractivity contribution in [3.63, 3.8) is 0 Å². The lowest BCUT2D eigenvalue weighted by Crippen LogP contribution is -1.84. The highest BCUT2D eigenvalue weighted by atomic mass is 79.9. The van der Waals surface area contributed by atoms with Crippen LogP contribution in [0, 0.1) is 0 Å². The highest BCUT2D eigenvalue weighted by Gasteiger charge is 2.06. The number of rotatable bonds is 1. The number of fused-ring (bicyclic) bond motifs is 1. The van der Waals surface area contributed by atoms with Gasteiger partial charge in [-0.15, -0.1) is 11.3 Å². The van der Waals surface area contributed by atoms with Gasteiger partial charge in [0.15, 0.2) is 0 Å². The second kappa shape index (κ2) is 3.48. The van der Waals surface area contributed by atoms with E-state index in [9.17, 15) is 0 Å². The molecule has 0 aliphatic rings. The Balaban J connectivity index is 2.82. The SMILES string of the molecule is Nc1cc(Cl)c2scc(CBr)c2c1. The molecule has 2 N–H and O–H groups in total. The summed E-state index contributed by atoms with van der Waals surface area (Å²) in [6, 6.07) is 3.76. The van der Waals surface area contributed by atoms with Gasteiger partial charge in [0.1, 0.15) is 0 Å². The first-order valence-electron chi connectivity index (χ1n) is 3.73. The minimum absolute atomic E-state index is 0.720. The maximum absolute atomic E-state index is 6.05. The van der Waals surface area contributed by atoms with Crippen molar-refractivity contribution in [3.05, 3.63) is 28.1 Å². The average Bonchev–Trinajstić information content (AvgIpc) is 2.47. The predicted octanol–water partition coefficient (Wildman–Crippen LogP) is 4.03. The summed E-state index contributed by atoms with van der Waals surface area (Å²) in [5.41, 5.74) is 7.68. The van der Waals surface area contributed by atoms with Crippen molar-refractivity contribution in [1.29, 1.82) is 0 Å². The molecule has 2 aromatic rings. The Kier molecular flexibility index (Phi) is 2.49. The summed E-state index contributed by atoms with van der Waals surface area (Å²) in [7, 11) is 0. The van der Waals surface area contributed by atoms with Crippen LogP contribution in [0.15, 0.2) is 17.5 Å². The number of benzene rings is 1. The zero-order valence-electron chi connectivity index (χ0n) is 6.68. The van der Waals surface area contributed by atoms with E-state index in [-0.39, 0.29) is 0 Å². The molecule has 0 fully saturated rings. The van der Waals surface area contributed by atoms with Crippen molar-refractivity contribution < 1.29 is 0 Å². The molecule has 1 heterocycles. The summed E-state index contributed by atoms with van der Waals surface area (Å²) in [5.74, 6) is 0. The Hall–Kier alpha value is -0.250. The van der Waals surface area contributed by atoms with Crippen molar-refractivity contribution in [2.45, 2.75) is 5.33 Å². The molecule has 0 aliphatic carbocycles. The van der Waals surface area contributed by atoms with E-state index in [0.717, 1.165) is 26.1 Å². The third kappa shape index (κ3) is 1.56. The summed E-state index contributed by atoms with van der Waals surface area (Å²) in [4.78, 5) is 0. The molecule has 0 atom stereocenters. The third-order valence-corrected chi connectivity index (χ3v) is 3.97. The average molecular weight is 277 g/mol. The second-order valence-corrected chi connectivity index (χ2v) is 4.62. The first kappa shape index (κ1) is 9.31. The van der Waals surface area contributed by atoms with Crippen LogP contribution in [0.2, 0.25) is 5.02 Å². The second-order valence-electron chi connectivity index (χ2n) is 2.77. The minimum atomic E-state index is 0.720. The van der Waals surface area contributed by atoms with Crippen LogP contribution in [0.5, 0.6) is 0 Å². The third-order valence-electron chi connectivity index (χ3n) is 1.87. The zero-order valence-corrected chi connectivity index (χ0v) is 9.84. The maximum Gasteiger partial charge on any atom is 0.0604 e. The molecule has 1 nitrogen and oxygen atoms in total. The van der Waals surface area contributed by atoms with Crippen LogP contribution in [0.1, 0.15) is 5.56 Å². The lowest BCUT2D eigenvalue weighted by molar-refractivity contribution is 1.55. The van der Waals surface area contributed by atoms with E-state index in [1.807, 2.05) is 6.07 Å². The molecule has 0 saturated heterocycles. The monoisotopic (exact) mass is 275 g/mol. The molecule has 1 aromatic heterocycles. The summed E-state index contributed by atoms with van der Waals surface area (Å²) in [6.07, 6.45) is 0. The summed E-state index contributed by atoms with van der Waals surface area (Å²) in [6.45, 7) is 0. The van der Waals surface area contributed by atoms with Gasteiger partial charge in [-0.3, -0.25) is 0 Å². The van der Waals surface area contributed by atoms with Crippen LogP contribution in [-0.2, 0) is 5.33 Å². The first-order chi connectivity index (χ1) is 6.22. The number of nitrogens with two attached hydrogens (primary N) is 1. The van der Waals surface area contributed by atoms with Gasteiger partial charge in [-0.2, -0.15) is 0 Å². The number of alkyl halides is 1. The van der Waals surface area contributed by atoms with Crippen molar-refractivity contribution in [2.24, 2.45) is 0 Å². The summed E-state index contributed by atoms with van der Waals surface area (Å²) in [5, 5.41) is 4.84. The fraction of sp³-hybridized carbons (Fsp3) is 0.111. The Labute approximate surface area is 93.6 Å². The largest absolute Gasteiger partial charge is 0.399 e. The predicted molar refractivity (Wildman–Crippen MR) is 63.9 cm³/mol. The molecule has 0 unspecified atom stereocenters. The molecule has 13 heavy (non-hydrogen) atoms. The normalized spacial score (nSPS) is 10.9. The number of nitrogen functional groups attached to an aromatic ring is 1. The molecule has 0 amide bonds. The van der Waals surface area contributed by atoms with E-state index in [0.29, 0.717) is 0 Å². The van der Waals surface area contributed by atoms with Gasteiger partial charge in [-0.05, 0) is 23.1 Å². The van der Waals surface area contributed by atoms with Gasteiger partial charge in [0, 0.05) is 16.4 Å². The van der Waals surface area contributed by atoms with Crippen molar-refractivity contribution >= 4 is 54.6 Å². The van der Waals surface area contributed by atoms with Gasteiger partial charge in [0.05, 0.1) is 9.72 Å². The topological polar surface area (TPSA) is 26.0 Å². The molecule has 0 aliphatic heterocycles. The van der Waals surface area contributed by atoms with E-state index < -0.39 is 0 Å². The van der Waals surface area contributed by atoms with Crippen LogP contribution in [0.25, 0.3) is 10.1 Å². The Morgan fingerprint density at radius 2 is 2.23 bits per heavy atom. The molecule has 2 rings (SSSR count). The molecule has 0 bridgehead atoms. The van der Waals surface area contributed by atoms with E-state index in [1.165, 1.54) is 5.56 Å². The lowest BCUT2D eigenvalue weighted by atomic mass is 10.2. The number of thiophene rings is 1. The van der Waals surface area contributed by atoms with Gasteiger partial charge in [0.25, 0.3) is 0 Å². The Morgan fingerprint density at radius 3 is 2.92 bits per heavy atom. The van der Waals surface area contributed by atoms with Crippen LogP contribution in [0.4, 0.5) is 5.69 Å². The fourth-order valence-corrected chi connectivity index (χ4v) is 3.27. The van der Waals surface area contributed by atoms with E-state index >= 15 is 0 Å². The number of hydrogen-bond acceptors (Lipinski definition) is 2. The van der Waals surface area contributed by atoms with Gasteiger partial charge in [-0.1, -0.05) is 27.5 Å². The zero-order chi connectivity index (χ0) is 9.42. The van der Waals surface area contributed by atoms with Gasteiger partial charge in [-0.25, -0.2) is 0 Å². The van der Waals surface area contributed by atoms with Crippen molar-refractivity contribution in [2.75, 3.05) is 5.73 Å². The Bertz CT molecular complexity index is 452. The van der Waals surface area contributed by atoms with Crippen molar-refractivity contribution in [1.82, 2.24) is 0 Å². The summed E-state index contributed by atoms with van der Waals surface area (Å²) < 4.78 is 1.12. The minimum Gasteiger partial charge on any atom is -0.399 e. The van der Waals surface area contributed by atoms with Crippen LogP contribution in [0.3, 0.4) is 0 Å². The number of anilines is 1. The first-order valence-corrected chi connectivity index (χ1v) is 6.11. The molecule has 1 aromatic carbocycles.